The second-order valence-corrected chi connectivity index (χ2v) is 4.32. The topological polar surface area (TPSA) is 42.1 Å². The van der Waals surface area contributed by atoms with Crippen LogP contribution in [0.25, 0.3) is 0 Å². The first-order valence-corrected chi connectivity index (χ1v) is 5.82. The van der Waals surface area contributed by atoms with Crippen molar-refractivity contribution in [3.05, 3.63) is 18.3 Å². The van der Waals surface area contributed by atoms with Gasteiger partial charge >= 0.3 is 0 Å². The van der Waals surface area contributed by atoms with Crippen LogP contribution in [0.5, 0.6) is 0 Å². The highest BCUT2D eigenvalue weighted by Crippen LogP contribution is 2.26. The van der Waals surface area contributed by atoms with Gasteiger partial charge in [0.2, 0.25) is 0 Å². The lowest BCUT2D eigenvalue weighted by atomic mass is 9.94. The van der Waals surface area contributed by atoms with Crippen molar-refractivity contribution in [2.24, 2.45) is 5.92 Å². The van der Waals surface area contributed by atoms with Gasteiger partial charge in [0.05, 0.1) is 12.4 Å². The SMILES string of the molecule is Nc1cccnc1N1CCC(CCF)CC1. The average Bonchev–Trinajstić information content (AvgIpc) is 2.31. The van der Waals surface area contributed by atoms with E-state index < -0.39 is 0 Å². The van der Waals surface area contributed by atoms with Crippen molar-refractivity contribution in [2.45, 2.75) is 19.3 Å². The zero-order chi connectivity index (χ0) is 11.4. The number of anilines is 2. The van der Waals surface area contributed by atoms with Crippen molar-refractivity contribution in [2.75, 3.05) is 30.4 Å². The van der Waals surface area contributed by atoms with Gasteiger partial charge in [-0.05, 0) is 37.3 Å². The Morgan fingerprint density at radius 2 is 2.19 bits per heavy atom. The Kier molecular flexibility index (Phi) is 3.59. The molecule has 0 unspecified atom stereocenters. The van der Waals surface area contributed by atoms with Gasteiger partial charge in [-0.15, -0.1) is 0 Å². The number of alkyl halides is 1. The lowest BCUT2D eigenvalue weighted by Gasteiger charge is -2.33. The van der Waals surface area contributed by atoms with Crippen LogP contribution in [0.3, 0.4) is 0 Å². The molecule has 2 rings (SSSR count). The minimum Gasteiger partial charge on any atom is -0.396 e. The van der Waals surface area contributed by atoms with Crippen LogP contribution in [0.2, 0.25) is 0 Å². The standard InChI is InChI=1S/C12H18FN3/c13-6-3-10-4-8-16(9-5-10)12-11(14)2-1-7-15-12/h1-2,7,10H,3-6,8-9,14H2. The Bertz CT molecular complexity index is 335. The molecule has 0 aromatic carbocycles. The summed E-state index contributed by atoms with van der Waals surface area (Å²) >= 11 is 0. The number of piperidine rings is 1. The molecule has 2 N–H and O–H groups in total. The monoisotopic (exact) mass is 223 g/mol. The lowest BCUT2D eigenvalue weighted by Crippen LogP contribution is -2.34. The molecule has 0 amide bonds. The van der Waals surface area contributed by atoms with Gasteiger partial charge in [-0.1, -0.05) is 0 Å². The van der Waals surface area contributed by atoms with E-state index in [9.17, 15) is 4.39 Å². The second-order valence-electron chi connectivity index (χ2n) is 4.32. The quantitative estimate of drug-likeness (QED) is 0.854. The van der Waals surface area contributed by atoms with Gasteiger partial charge in [0.15, 0.2) is 5.82 Å². The maximum Gasteiger partial charge on any atom is 0.151 e. The molecule has 0 radical (unpaired) electrons. The first kappa shape index (κ1) is 11.2. The fourth-order valence-electron chi connectivity index (χ4n) is 2.26. The second kappa shape index (κ2) is 5.14. The minimum atomic E-state index is -0.198. The molecule has 0 bridgehead atoms. The maximum atomic E-state index is 12.2. The van der Waals surface area contributed by atoms with Gasteiger partial charge in [0.1, 0.15) is 0 Å². The van der Waals surface area contributed by atoms with Crippen molar-refractivity contribution in [3.8, 4) is 0 Å². The summed E-state index contributed by atoms with van der Waals surface area (Å²) in [6, 6.07) is 3.71. The van der Waals surface area contributed by atoms with Crippen molar-refractivity contribution >= 4 is 11.5 Å². The number of hydrogen-bond acceptors (Lipinski definition) is 3. The minimum absolute atomic E-state index is 0.198. The summed E-state index contributed by atoms with van der Waals surface area (Å²) in [6.07, 6.45) is 4.55. The number of nitrogens with two attached hydrogens (primary N) is 1. The molecule has 2 heterocycles. The molecule has 1 aromatic heterocycles. The molecule has 1 aliphatic heterocycles. The fraction of sp³-hybridized carbons (Fsp3) is 0.583. The largest absolute Gasteiger partial charge is 0.396 e. The van der Waals surface area contributed by atoms with E-state index in [1.807, 2.05) is 12.1 Å². The molecular weight excluding hydrogens is 205 g/mol. The summed E-state index contributed by atoms with van der Waals surface area (Å²) in [4.78, 5) is 6.50. The number of nitrogens with zero attached hydrogens (tertiary/aromatic N) is 2. The molecule has 0 aliphatic carbocycles. The van der Waals surface area contributed by atoms with E-state index in [0.29, 0.717) is 12.3 Å². The number of aromatic nitrogens is 1. The Balaban J connectivity index is 1.96. The zero-order valence-corrected chi connectivity index (χ0v) is 9.40. The van der Waals surface area contributed by atoms with Gasteiger partial charge in [-0.25, -0.2) is 4.98 Å². The third-order valence-corrected chi connectivity index (χ3v) is 3.25. The first-order chi connectivity index (χ1) is 7.81. The predicted octanol–water partition coefficient (Wildman–Crippen LogP) is 2.24. The summed E-state index contributed by atoms with van der Waals surface area (Å²) in [5, 5.41) is 0. The van der Waals surface area contributed by atoms with Gasteiger partial charge in [0.25, 0.3) is 0 Å². The number of halogens is 1. The number of pyridine rings is 1. The maximum absolute atomic E-state index is 12.2. The number of nitrogen functional groups attached to an aromatic ring is 1. The lowest BCUT2D eigenvalue weighted by molar-refractivity contribution is 0.332. The van der Waals surface area contributed by atoms with E-state index in [0.717, 1.165) is 37.4 Å². The van der Waals surface area contributed by atoms with Crippen molar-refractivity contribution < 1.29 is 4.39 Å². The zero-order valence-electron chi connectivity index (χ0n) is 9.40. The Hall–Kier alpha value is -1.32. The molecular formula is C12H18FN3. The molecule has 1 aliphatic rings. The third kappa shape index (κ3) is 2.43. The predicted molar refractivity (Wildman–Crippen MR) is 64.2 cm³/mol. The number of hydrogen-bond donors (Lipinski definition) is 1. The van der Waals surface area contributed by atoms with Crippen LogP contribution >= 0.6 is 0 Å². The molecule has 1 aromatic rings. The van der Waals surface area contributed by atoms with Crippen LogP contribution in [0.15, 0.2) is 18.3 Å². The van der Waals surface area contributed by atoms with Crippen molar-refractivity contribution in [3.63, 3.8) is 0 Å². The Labute approximate surface area is 95.5 Å². The van der Waals surface area contributed by atoms with E-state index in [1.54, 1.807) is 6.20 Å². The molecule has 16 heavy (non-hydrogen) atoms. The van der Waals surface area contributed by atoms with E-state index in [-0.39, 0.29) is 6.67 Å². The highest BCUT2D eigenvalue weighted by Gasteiger charge is 2.20. The van der Waals surface area contributed by atoms with Gasteiger partial charge in [0, 0.05) is 19.3 Å². The van der Waals surface area contributed by atoms with Crippen LogP contribution in [0.4, 0.5) is 15.9 Å². The van der Waals surface area contributed by atoms with Crippen LogP contribution in [-0.4, -0.2) is 24.7 Å². The van der Waals surface area contributed by atoms with E-state index >= 15 is 0 Å². The summed E-state index contributed by atoms with van der Waals surface area (Å²) < 4.78 is 12.2. The van der Waals surface area contributed by atoms with Crippen LogP contribution in [-0.2, 0) is 0 Å². The normalized spacial score (nSPS) is 17.7. The molecule has 1 saturated heterocycles. The molecule has 1 fully saturated rings. The van der Waals surface area contributed by atoms with Gasteiger partial charge < -0.3 is 10.6 Å². The van der Waals surface area contributed by atoms with Crippen molar-refractivity contribution in [1.82, 2.24) is 4.98 Å². The van der Waals surface area contributed by atoms with Crippen LogP contribution in [0.1, 0.15) is 19.3 Å². The first-order valence-electron chi connectivity index (χ1n) is 5.82. The molecule has 3 nitrogen and oxygen atoms in total. The fourth-order valence-corrected chi connectivity index (χ4v) is 2.26. The van der Waals surface area contributed by atoms with Crippen LogP contribution < -0.4 is 10.6 Å². The number of rotatable bonds is 3. The summed E-state index contributed by atoms with van der Waals surface area (Å²) in [5.74, 6) is 1.41. The summed E-state index contributed by atoms with van der Waals surface area (Å²) in [7, 11) is 0. The Morgan fingerprint density at radius 3 is 2.81 bits per heavy atom. The van der Waals surface area contributed by atoms with E-state index in [4.69, 9.17) is 5.73 Å². The molecule has 0 spiro atoms. The molecule has 0 atom stereocenters. The smallest absolute Gasteiger partial charge is 0.151 e. The molecule has 4 heteroatoms. The van der Waals surface area contributed by atoms with Gasteiger partial charge in [-0.2, -0.15) is 0 Å². The molecule has 0 saturated carbocycles. The highest BCUT2D eigenvalue weighted by atomic mass is 19.1. The summed E-state index contributed by atoms with van der Waals surface area (Å²) in [5.41, 5.74) is 6.61. The third-order valence-electron chi connectivity index (χ3n) is 3.25. The highest BCUT2D eigenvalue weighted by molar-refractivity contribution is 5.62. The van der Waals surface area contributed by atoms with Crippen molar-refractivity contribution in [1.29, 1.82) is 0 Å². The average molecular weight is 223 g/mol. The van der Waals surface area contributed by atoms with Crippen LogP contribution in [0, 0.1) is 5.92 Å². The molecule has 88 valence electrons. The van der Waals surface area contributed by atoms with E-state index in [1.165, 1.54) is 0 Å². The van der Waals surface area contributed by atoms with E-state index in [2.05, 4.69) is 9.88 Å². The summed E-state index contributed by atoms with van der Waals surface area (Å²) in [6.45, 7) is 1.67. The van der Waals surface area contributed by atoms with Gasteiger partial charge in [-0.3, -0.25) is 4.39 Å². The Morgan fingerprint density at radius 1 is 1.44 bits per heavy atom.